The van der Waals surface area contributed by atoms with Gasteiger partial charge in [-0.3, -0.25) is 4.79 Å². The summed E-state index contributed by atoms with van der Waals surface area (Å²) in [5, 5.41) is 0. The smallest absolute Gasteiger partial charge is 0.217 e. The molecule has 0 saturated carbocycles. The zero-order valence-corrected chi connectivity index (χ0v) is 11.0. The predicted octanol–water partition coefficient (Wildman–Crippen LogP) is 3.27. The van der Waals surface area contributed by atoms with Crippen LogP contribution in [-0.2, 0) is 11.2 Å². The topological polar surface area (TPSA) is 56.2 Å². The monoisotopic (exact) mass is 311 g/mol. The van der Waals surface area contributed by atoms with E-state index in [-0.39, 0.29) is 18.1 Å². The molecule has 2 rings (SSSR count). The fraction of sp³-hybridized carbons (Fsp3) is 0.154. The number of aryl methyl sites for hydroxylation is 1. The van der Waals surface area contributed by atoms with Crippen LogP contribution in [0.5, 0.6) is 0 Å². The Morgan fingerprint density at radius 2 is 2.11 bits per heavy atom. The van der Waals surface area contributed by atoms with Gasteiger partial charge in [-0.1, -0.05) is 0 Å². The standard InChI is InChI=1S/C13H11BrFNO2/c14-11-7-8(15)1-4-10(11)12-5-2-9(18-12)3-6-13(16)17/h1-2,4-5,7H,3,6H2,(H2,16,17). The maximum Gasteiger partial charge on any atom is 0.217 e. The molecule has 0 aliphatic carbocycles. The van der Waals surface area contributed by atoms with Crippen LogP contribution in [0, 0.1) is 5.82 Å². The van der Waals surface area contributed by atoms with Gasteiger partial charge in [-0.15, -0.1) is 0 Å². The number of hydrogen-bond acceptors (Lipinski definition) is 2. The van der Waals surface area contributed by atoms with E-state index in [1.54, 1.807) is 18.2 Å². The van der Waals surface area contributed by atoms with E-state index in [4.69, 9.17) is 10.2 Å². The van der Waals surface area contributed by atoms with Crippen LogP contribution in [0.3, 0.4) is 0 Å². The van der Waals surface area contributed by atoms with Crippen molar-refractivity contribution >= 4 is 21.8 Å². The van der Waals surface area contributed by atoms with Crippen molar-refractivity contribution in [3.05, 3.63) is 46.4 Å². The lowest BCUT2D eigenvalue weighted by Crippen LogP contribution is -2.10. The van der Waals surface area contributed by atoms with Gasteiger partial charge < -0.3 is 10.2 Å². The van der Waals surface area contributed by atoms with Gasteiger partial charge >= 0.3 is 0 Å². The normalized spacial score (nSPS) is 10.6. The molecule has 0 radical (unpaired) electrons. The molecule has 5 heteroatoms. The molecule has 1 aromatic heterocycles. The van der Waals surface area contributed by atoms with Crippen LogP contribution in [-0.4, -0.2) is 5.91 Å². The molecule has 0 aliphatic rings. The minimum atomic E-state index is -0.365. The number of halogens is 2. The number of nitrogens with two attached hydrogens (primary N) is 1. The summed E-state index contributed by atoms with van der Waals surface area (Å²) in [4.78, 5) is 10.7. The van der Waals surface area contributed by atoms with Gasteiger partial charge in [0.25, 0.3) is 0 Å². The van der Waals surface area contributed by atoms with E-state index in [2.05, 4.69) is 15.9 Å². The summed E-state index contributed by atoms with van der Waals surface area (Å²) in [6.07, 6.45) is 0.714. The molecule has 1 heterocycles. The Morgan fingerprint density at radius 3 is 2.78 bits per heavy atom. The fourth-order valence-electron chi connectivity index (χ4n) is 1.59. The van der Waals surface area contributed by atoms with E-state index in [9.17, 15) is 9.18 Å². The number of amides is 1. The molecule has 2 N–H and O–H groups in total. The zero-order chi connectivity index (χ0) is 13.1. The first-order chi connectivity index (χ1) is 8.56. The number of furan rings is 1. The van der Waals surface area contributed by atoms with E-state index in [1.807, 2.05) is 0 Å². The highest BCUT2D eigenvalue weighted by molar-refractivity contribution is 9.10. The molecule has 0 aliphatic heterocycles. The highest BCUT2D eigenvalue weighted by Crippen LogP contribution is 2.30. The maximum absolute atomic E-state index is 13.0. The largest absolute Gasteiger partial charge is 0.461 e. The first-order valence-corrected chi connectivity index (χ1v) is 6.18. The lowest BCUT2D eigenvalue weighted by Gasteiger charge is -2.01. The molecule has 0 atom stereocenters. The van der Waals surface area contributed by atoms with Crippen LogP contribution in [0.15, 0.2) is 39.2 Å². The Morgan fingerprint density at radius 1 is 1.33 bits per heavy atom. The summed E-state index contributed by atoms with van der Waals surface area (Å²) in [5.74, 6) is 0.628. The van der Waals surface area contributed by atoms with Crippen LogP contribution in [0.1, 0.15) is 12.2 Å². The van der Waals surface area contributed by atoms with Crippen molar-refractivity contribution in [1.82, 2.24) is 0 Å². The molecule has 0 saturated heterocycles. The third kappa shape index (κ3) is 2.98. The van der Waals surface area contributed by atoms with Gasteiger partial charge in [0, 0.05) is 22.9 Å². The molecule has 0 fully saturated rings. The summed E-state index contributed by atoms with van der Waals surface area (Å²) < 4.78 is 19.2. The van der Waals surface area contributed by atoms with Gasteiger partial charge in [-0.2, -0.15) is 0 Å². The predicted molar refractivity (Wildman–Crippen MR) is 69.3 cm³/mol. The highest BCUT2D eigenvalue weighted by atomic mass is 79.9. The van der Waals surface area contributed by atoms with Crippen LogP contribution in [0.2, 0.25) is 0 Å². The number of primary amides is 1. The summed E-state index contributed by atoms with van der Waals surface area (Å²) >= 11 is 3.28. The van der Waals surface area contributed by atoms with Crippen molar-refractivity contribution in [1.29, 1.82) is 0 Å². The second kappa shape index (κ2) is 5.35. The van der Waals surface area contributed by atoms with Gasteiger partial charge in [0.2, 0.25) is 5.91 Å². The summed E-state index contributed by atoms with van der Waals surface area (Å²) in [5.41, 5.74) is 5.83. The van der Waals surface area contributed by atoms with Gasteiger partial charge in [-0.25, -0.2) is 4.39 Å². The minimum Gasteiger partial charge on any atom is -0.461 e. The molecule has 94 valence electrons. The SMILES string of the molecule is NC(=O)CCc1ccc(-c2ccc(F)cc2Br)o1. The molecular weight excluding hydrogens is 301 g/mol. The summed E-state index contributed by atoms with van der Waals surface area (Å²) in [7, 11) is 0. The second-order valence-corrected chi connectivity index (χ2v) is 4.71. The second-order valence-electron chi connectivity index (χ2n) is 3.86. The van der Waals surface area contributed by atoms with Crippen molar-refractivity contribution in [2.45, 2.75) is 12.8 Å². The van der Waals surface area contributed by atoms with Gasteiger partial charge in [0.15, 0.2) is 0 Å². The van der Waals surface area contributed by atoms with Crippen LogP contribution in [0.4, 0.5) is 4.39 Å². The number of carbonyl (C=O) groups is 1. The molecule has 0 spiro atoms. The lowest BCUT2D eigenvalue weighted by molar-refractivity contribution is -0.118. The van der Waals surface area contributed by atoms with Crippen LogP contribution >= 0.6 is 15.9 Å². The van der Waals surface area contributed by atoms with E-state index in [0.29, 0.717) is 22.4 Å². The third-order valence-electron chi connectivity index (χ3n) is 2.48. The van der Waals surface area contributed by atoms with Crippen molar-refractivity contribution in [2.24, 2.45) is 5.73 Å². The van der Waals surface area contributed by atoms with Gasteiger partial charge in [0.05, 0.1) is 0 Å². The Kier molecular flexibility index (Phi) is 3.81. The first-order valence-electron chi connectivity index (χ1n) is 5.38. The summed E-state index contributed by atoms with van der Waals surface area (Å²) in [6, 6.07) is 7.95. The highest BCUT2D eigenvalue weighted by Gasteiger charge is 2.09. The number of hydrogen-bond donors (Lipinski definition) is 1. The van der Waals surface area contributed by atoms with Crippen molar-refractivity contribution in [3.63, 3.8) is 0 Å². The van der Waals surface area contributed by atoms with E-state index < -0.39 is 0 Å². The lowest BCUT2D eigenvalue weighted by atomic mass is 10.2. The van der Waals surface area contributed by atoms with Crippen LogP contribution in [0.25, 0.3) is 11.3 Å². The zero-order valence-electron chi connectivity index (χ0n) is 9.45. The number of carbonyl (C=O) groups excluding carboxylic acids is 1. The Balaban J connectivity index is 2.21. The molecule has 0 bridgehead atoms. The van der Waals surface area contributed by atoms with Crippen molar-refractivity contribution in [2.75, 3.05) is 0 Å². The molecule has 0 unspecified atom stereocenters. The summed E-state index contributed by atoms with van der Waals surface area (Å²) in [6.45, 7) is 0. The Bertz CT molecular complexity index is 580. The molecule has 18 heavy (non-hydrogen) atoms. The molecule has 3 nitrogen and oxygen atoms in total. The molecule has 1 amide bonds. The maximum atomic E-state index is 13.0. The quantitative estimate of drug-likeness (QED) is 0.942. The average molecular weight is 312 g/mol. The first kappa shape index (κ1) is 12.8. The molecule has 2 aromatic rings. The number of rotatable bonds is 4. The molecular formula is C13H11BrFNO2. The van der Waals surface area contributed by atoms with E-state index >= 15 is 0 Å². The average Bonchev–Trinajstić information content (AvgIpc) is 2.75. The minimum absolute atomic E-state index is 0.248. The number of benzene rings is 1. The van der Waals surface area contributed by atoms with Crippen molar-refractivity contribution < 1.29 is 13.6 Å². The van der Waals surface area contributed by atoms with E-state index in [0.717, 1.165) is 5.56 Å². The van der Waals surface area contributed by atoms with Crippen LogP contribution < -0.4 is 5.73 Å². The molecule has 1 aromatic carbocycles. The Labute approximate surface area is 112 Å². The Hall–Kier alpha value is -1.62. The fourth-order valence-corrected chi connectivity index (χ4v) is 2.14. The van der Waals surface area contributed by atoms with Gasteiger partial charge in [0.1, 0.15) is 17.3 Å². The van der Waals surface area contributed by atoms with Gasteiger partial charge in [-0.05, 0) is 46.3 Å². The van der Waals surface area contributed by atoms with Crippen molar-refractivity contribution in [3.8, 4) is 11.3 Å². The van der Waals surface area contributed by atoms with E-state index in [1.165, 1.54) is 12.1 Å². The third-order valence-corrected chi connectivity index (χ3v) is 3.13.